The quantitative estimate of drug-likeness (QED) is 0.539. The molecule has 1 atom stereocenters. The van der Waals surface area contributed by atoms with Crippen molar-refractivity contribution >= 4 is 33.3 Å². The molecule has 4 heteroatoms. The van der Waals surface area contributed by atoms with Crippen molar-refractivity contribution < 1.29 is 9.18 Å². The van der Waals surface area contributed by atoms with Crippen molar-refractivity contribution in [1.82, 2.24) is 0 Å². The predicted octanol–water partition coefficient (Wildman–Crippen LogP) is 5.17. The predicted molar refractivity (Wildman–Crippen MR) is 74.5 cm³/mol. The van der Waals surface area contributed by atoms with Gasteiger partial charge in [0.25, 0.3) is 0 Å². The standard InChI is InChI=1S/C14H13BrClFO/c1-8-2-4-9(5-3-8)14(18)10-6-7-11(15)12(16)13(10)17/h4,6-8H,2-3,5H2,1H3. The second kappa shape index (κ2) is 5.54. The van der Waals surface area contributed by atoms with Crippen molar-refractivity contribution in [3.8, 4) is 0 Å². The van der Waals surface area contributed by atoms with Gasteiger partial charge in [0.1, 0.15) is 0 Å². The Labute approximate surface area is 119 Å². The van der Waals surface area contributed by atoms with Crippen LogP contribution < -0.4 is 0 Å². The molecule has 96 valence electrons. The molecule has 1 aliphatic carbocycles. The molecule has 2 rings (SSSR count). The maximum Gasteiger partial charge on any atom is 0.191 e. The number of hydrogen-bond acceptors (Lipinski definition) is 1. The molecule has 0 N–H and O–H groups in total. The highest BCUT2D eigenvalue weighted by Crippen LogP contribution is 2.31. The molecule has 0 bridgehead atoms. The van der Waals surface area contributed by atoms with E-state index in [4.69, 9.17) is 11.6 Å². The van der Waals surface area contributed by atoms with E-state index < -0.39 is 5.82 Å². The fraction of sp³-hybridized carbons (Fsp3) is 0.357. The first-order valence-corrected chi connectivity index (χ1v) is 7.05. The van der Waals surface area contributed by atoms with Gasteiger partial charge in [0.05, 0.1) is 10.6 Å². The maximum atomic E-state index is 13.9. The molecule has 1 aliphatic rings. The number of ketones is 1. The lowest BCUT2D eigenvalue weighted by molar-refractivity contribution is 0.102. The Balaban J connectivity index is 2.33. The molecular weight excluding hydrogens is 319 g/mol. The van der Waals surface area contributed by atoms with Crippen molar-refractivity contribution in [3.63, 3.8) is 0 Å². The van der Waals surface area contributed by atoms with Gasteiger partial charge in [-0.15, -0.1) is 0 Å². The molecule has 0 spiro atoms. The molecule has 18 heavy (non-hydrogen) atoms. The lowest BCUT2D eigenvalue weighted by atomic mass is 9.87. The van der Waals surface area contributed by atoms with Crippen LogP contribution in [0.1, 0.15) is 36.5 Å². The second-order valence-electron chi connectivity index (χ2n) is 4.66. The Hall–Kier alpha value is -0.670. The van der Waals surface area contributed by atoms with Crippen LogP contribution in [0.5, 0.6) is 0 Å². The van der Waals surface area contributed by atoms with Crippen LogP contribution in [0.25, 0.3) is 0 Å². The average Bonchev–Trinajstić information content (AvgIpc) is 2.36. The summed E-state index contributed by atoms with van der Waals surface area (Å²) in [6, 6.07) is 3.08. The van der Waals surface area contributed by atoms with Gasteiger partial charge in [-0.25, -0.2) is 4.39 Å². The van der Waals surface area contributed by atoms with Crippen LogP contribution in [0, 0.1) is 11.7 Å². The van der Waals surface area contributed by atoms with Crippen LogP contribution in [0.3, 0.4) is 0 Å². The molecule has 0 aromatic heterocycles. The first kappa shape index (κ1) is 13.8. The summed E-state index contributed by atoms with van der Waals surface area (Å²) in [4.78, 5) is 12.2. The third kappa shape index (κ3) is 2.67. The smallest absolute Gasteiger partial charge is 0.191 e. The molecule has 0 heterocycles. The van der Waals surface area contributed by atoms with Gasteiger partial charge < -0.3 is 0 Å². The van der Waals surface area contributed by atoms with Crippen molar-refractivity contribution in [1.29, 1.82) is 0 Å². The molecule has 1 aromatic rings. The summed E-state index contributed by atoms with van der Waals surface area (Å²) in [6.45, 7) is 2.15. The summed E-state index contributed by atoms with van der Waals surface area (Å²) in [7, 11) is 0. The van der Waals surface area contributed by atoms with Crippen LogP contribution in [0.4, 0.5) is 4.39 Å². The van der Waals surface area contributed by atoms with Crippen LogP contribution in [0.2, 0.25) is 5.02 Å². The number of benzene rings is 1. The van der Waals surface area contributed by atoms with Crippen LogP contribution >= 0.6 is 27.5 Å². The minimum Gasteiger partial charge on any atom is -0.289 e. The summed E-state index contributed by atoms with van der Waals surface area (Å²) in [5.41, 5.74) is 0.759. The summed E-state index contributed by atoms with van der Waals surface area (Å²) < 4.78 is 14.4. The second-order valence-corrected chi connectivity index (χ2v) is 5.89. The van der Waals surface area contributed by atoms with E-state index in [2.05, 4.69) is 22.9 Å². The van der Waals surface area contributed by atoms with Gasteiger partial charge >= 0.3 is 0 Å². The number of halogens is 3. The van der Waals surface area contributed by atoms with Crippen molar-refractivity contribution in [2.24, 2.45) is 5.92 Å². The van der Waals surface area contributed by atoms with E-state index in [-0.39, 0.29) is 16.4 Å². The van der Waals surface area contributed by atoms with Crippen LogP contribution in [-0.2, 0) is 0 Å². The van der Waals surface area contributed by atoms with E-state index >= 15 is 0 Å². The van der Waals surface area contributed by atoms with E-state index in [1.807, 2.05) is 6.08 Å². The number of hydrogen-bond donors (Lipinski definition) is 0. The summed E-state index contributed by atoms with van der Waals surface area (Å²) in [6.07, 6.45) is 4.50. The van der Waals surface area contributed by atoms with Gasteiger partial charge in [-0.2, -0.15) is 0 Å². The number of carbonyl (C=O) groups excluding carboxylic acids is 1. The topological polar surface area (TPSA) is 17.1 Å². The molecular formula is C14H13BrClFO. The number of rotatable bonds is 2. The zero-order valence-electron chi connectivity index (χ0n) is 9.97. The molecule has 1 aromatic carbocycles. The van der Waals surface area contributed by atoms with Crippen molar-refractivity contribution in [2.75, 3.05) is 0 Å². The Bertz CT molecular complexity index is 525. The third-order valence-electron chi connectivity index (χ3n) is 3.24. The maximum absolute atomic E-state index is 13.9. The van der Waals surface area contributed by atoms with Gasteiger partial charge in [0.2, 0.25) is 0 Å². The molecule has 1 nitrogen and oxygen atoms in total. The van der Waals surface area contributed by atoms with Gasteiger partial charge in [-0.05, 0) is 58.8 Å². The minimum absolute atomic E-state index is 0.0365. The van der Waals surface area contributed by atoms with Crippen LogP contribution in [0.15, 0.2) is 28.3 Å². The Morgan fingerprint density at radius 2 is 2.22 bits per heavy atom. The highest BCUT2D eigenvalue weighted by atomic mass is 79.9. The SMILES string of the molecule is CC1CC=C(C(=O)c2ccc(Br)c(Cl)c2F)CC1. The van der Waals surface area contributed by atoms with E-state index in [1.165, 1.54) is 6.07 Å². The lowest BCUT2D eigenvalue weighted by Crippen LogP contribution is -2.11. The molecule has 0 fully saturated rings. The van der Waals surface area contributed by atoms with Gasteiger partial charge in [-0.3, -0.25) is 4.79 Å². The summed E-state index contributed by atoms with van der Waals surface area (Å²) >= 11 is 8.93. The van der Waals surface area contributed by atoms with E-state index in [9.17, 15) is 9.18 Å². The van der Waals surface area contributed by atoms with E-state index in [0.29, 0.717) is 22.4 Å². The highest BCUT2D eigenvalue weighted by molar-refractivity contribution is 9.10. The van der Waals surface area contributed by atoms with Crippen molar-refractivity contribution in [3.05, 3.63) is 44.7 Å². The van der Waals surface area contributed by atoms with E-state index in [0.717, 1.165) is 12.8 Å². The Morgan fingerprint density at radius 3 is 2.83 bits per heavy atom. The molecule has 0 amide bonds. The Kier molecular flexibility index (Phi) is 4.23. The molecule has 0 saturated carbocycles. The zero-order valence-corrected chi connectivity index (χ0v) is 12.3. The largest absolute Gasteiger partial charge is 0.289 e. The molecule has 0 radical (unpaired) electrons. The fourth-order valence-electron chi connectivity index (χ4n) is 2.05. The van der Waals surface area contributed by atoms with E-state index in [1.54, 1.807) is 6.07 Å². The minimum atomic E-state index is -0.643. The zero-order chi connectivity index (χ0) is 13.3. The first-order chi connectivity index (χ1) is 8.50. The highest BCUT2D eigenvalue weighted by Gasteiger charge is 2.22. The Morgan fingerprint density at radius 1 is 1.50 bits per heavy atom. The number of Topliss-reactive ketones (excluding diaryl/α,β-unsaturated/α-hetero) is 1. The number of allylic oxidation sites excluding steroid dienone is 2. The number of carbonyl (C=O) groups is 1. The first-order valence-electron chi connectivity index (χ1n) is 5.88. The normalized spacial score (nSPS) is 19.6. The van der Waals surface area contributed by atoms with Gasteiger partial charge in [-0.1, -0.05) is 24.6 Å². The molecule has 1 unspecified atom stereocenters. The molecule has 0 saturated heterocycles. The monoisotopic (exact) mass is 330 g/mol. The summed E-state index contributed by atoms with van der Waals surface area (Å²) in [5.74, 6) is -0.288. The van der Waals surface area contributed by atoms with Crippen molar-refractivity contribution in [2.45, 2.75) is 26.2 Å². The van der Waals surface area contributed by atoms with Gasteiger partial charge in [0.15, 0.2) is 11.6 Å². The average molecular weight is 332 g/mol. The van der Waals surface area contributed by atoms with Crippen LogP contribution in [-0.4, -0.2) is 5.78 Å². The lowest BCUT2D eigenvalue weighted by Gasteiger charge is -2.17. The van der Waals surface area contributed by atoms with Gasteiger partial charge in [0, 0.05) is 4.47 Å². The fourth-order valence-corrected chi connectivity index (χ4v) is 2.52. The molecule has 0 aliphatic heterocycles. The summed E-state index contributed by atoms with van der Waals surface area (Å²) in [5, 5.41) is -0.0365. The third-order valence-corrected chi connectivity index (χ3v) is 4.50.